The van der Waals surface area contributed by atoms with Crippen molar-refractivity contribution in [3.8, 4) is 0 Å². The Morgan fingerprint density at radius 1 is 1.31 bits per heavy atom. The molecule has 0 aliphatic rings. The summed E-state index contributed by atoms with van der Waals surface area (Å²) in [6.45, 7) is 0. The minimum absolute atomic E-state index is 0.174. The molecule has 0 radical (unpaired) electrons. The third-order valence-electron chi connectivity index (χ3n) is 2.59. The first kappa shape index (κ1) is 10.7. The minimum Gasteiger partial charge on any atom is -0.478 e. The minimum atomic E-state index is -1.56. The number of carboxylic acid groups (broad SMARTS) is 1. The van der Waals surface area contributed by atoms with Gasteiger partial charge in [-0.1, -0.05) is 6.07 Å². The summed E-state index contributed by atoms with van der Waals surface area (Å²) < 4.78 is 1.56. The number of aryl methyl sites for hydroxylation is 1. The molecule has 0 aliphatic heterocycles. The van der Waals surface area contributed by atoms with Crippen LogP contribution < -0.4 is 5.59 Å². The van der Waals surface area contributed by atoms with Crippen molar-refractivity contribution >= 4 is 29.6 Å². The number of fused-ring (bicyclic) bond motifs is 1. The van der Waals surface area contributed by atoms with E-state index in [0.29, 0.717) is 11.1 Å². The van der Waals surface area contributed by atoms with Gasteiger partial charge in [0.15, 0.2) is 0 Å². The lowest BCUT2D eigenvalue weighted by Crippen LogP contribution is -2.34. The Bertz CT molecular complexity index is 561. The van der Waals surface area contributed by atoms with Crippen LogP contribution in [0.3, 0.4) is 0 Å². The maximum absolute atomic E-state index is 10.8. The van der Waals surface area contributed by atoms with Gasteiger partial charge in [-0.05, 0) is 23.6 Å². The van der Waals surface area contributed by atoms with Crippen molar-refractivity contribution in [2.45, 2.75) is 0 Å². The molecule has 0 fully saturated rings. The predicted molar refractivity (Wildman–Crippen MR) is 59.7 cm³/mol. The summed E-state index contributed by atoms with van der Waals surface area (Å²) in [5, 5.41) is 27.8. The molecule has 5 nitrogen and oxygen atoms in total. The first-order chi connectivity index (χ1) is 7.50. The van der Waals surface area contributed by atoms with E-state index >= 15 is 0 Å². The van der Waals surface area contributed by atoms with E-state index in [1.165, 1.54) is 12.1 Å². The van der Waals surface area contributed by atoms with Gasteiger partial charge in [0.25, 0.3) is 0 Å². The highest BCUT2D eigenvalue weighted by Crippen LogP contribution is 2.15. The third kappa shape index (κ3) is 1.58. The monoisotopic (exact) mass is 219 g/mol. The summed E-state index contributed by atoms with van der Waals surface area (Å²) in [5.74, 6) is -1.01. The van der Waals surface area contributed by atoms with Crippen LogP contribution in [0.15, 0.2) is 24.3 Å². The van der Waals surface area contributed by atoms with E-state index < -0.39 is 13.1 Å². The first-order valence-corrected chi connectivity index (χ1v) is 4.69. The van der Waals surface area contributed by atoms with Gasteiger partial charge >= 0.3 is 13.1 Å². The van der Waals surface area contributed by atoms with Crippen molar-refractivity contribution in [3.05, 3.63) is 29.8 Å². The third-order valence-corrected chi connectivity index (χ3v) is 2.59. The number of aromatic carboxylic acids is 1. The number of benzene rings is 1. The van der Waals surface area contributed by atoms with Gasteiger partial charge in [-0.15, -0.1) is 0 Å². The maximum atomic E-state index is 10.8. The summed E-state index contributed by atoms with van der Waals surface area (Å²) in [6.07, 6.45) is 0. The average Bonchev–Trinajstić information content (AvgIpc) is 2.56. The molecular weight excluding hydrogens is 209 g/mol. The molecule has 1 heterocycles. The van der Waals surface area contributed by atoms with Crippen molar-refractivity contribution in [2.75, 3.05) is 0 Å². The zero-order valence-corrected chi connectivity index (χ0v) is 8.58. The summed E-state index contributed by atoms with van der Waals surface area (Å²) in [5.41, 5.74) is 1.16. The lowest BCUT2D eigenvalue weighted by atomic mass is 9.86. The van der Waals surface area contributed by atoms with E-state index in [4.69, 9.17) is 15.2 Å². The molecule has 6 heteroatoms. The second-order valence-corrected chi connectivity index (χ2v) is 3.58. The van der Waals surface area contributed by atoms with E-state index in [1.54, 1.807) is 23.7 Å². The fourth-order valence-electron chi connectivity index (χ4n) is 1.73. The fraction of sp³-hybridized carbons (Fsp3) is 0.100. The highest BCUT2D eigenvalue weighted by atomic mass is 16.4. The van der Waals surface area contributed by atoms with Gasteiger partial charge in [0.05, 0.1) is 5.56 Å². The molecule has 1 aromatic carbocycles. The van der Waals surface area contributed by atoms with Gasteiger partial charge in [0.1, 0.15) is 0 Å². The number of nitrogens with zero attached hydrogens (tertiary/aromatic N) is 1. The quantitative estimate of drug-likeness (QED) is 0.597. The van der Waals surface area contributed by atoms with Crippen LogP contribution in [-0.4, -0.2) is 32.8 Å². The second-order valence-electron chi connectivity index (χ2n) is 3.58. The summed E-state index contributed by atoms with van der Waals surface area (Å²) in [6, 6.07) is 6.25. The van der Waals surface area contributed by atoms with Gasteiger partial charge in [0.2, 0.25) is 0 Å². The fourth-order valence-corrected chi connectivity index (χ4v) is 1.73. The van der Waals surface area contributed by atoms with Gasteiger partial charge in [-0.3, -0.25) is 0 Å². The Kier molecular flexibility index (Phi) is 2.45. The van der Waals surface area contributed by atoms with E-state index in [1.807, 2.05) is 0 Å². The average molecular weight is 219 g/mol. The molecule has 82 valence electrons. The Labute approximate surface area is 91.7 Å². The van der Waals surface area contributed by atoms with E-state index in [9.17, 15) is 4.79 Å². The number of hydrogen-bond acceptors (Lipinski definition) is 3. The molecule has 1 aromatic heterocycles. The lowest BCUT2D eigenvalue weighted by molar-refractivity contribution is 0.0697. The number of carboxylic acids is 1. The van der Waals surface area contributed by atoms with Gasteiger partial charge in [-0.25, -0.2) is 4.79 Å². The van der Waals surface area contributed by atoms with Crippen molar-refractivity contribution in [3.63, 3.8) is 0 Å². The highest BCUT2D eigenvalue weighted by molar-refractivity contribution is 6.58. The Balaban J connectivity index is 2.69. The zero-order valence-electron chi connectivity index (χ0n) is 8.58. The van der Waals surface area contributed by atoms with Crippen LogP contribution in [-0.2, 0) is 7.05 Å². The van der Waals surface area contributed by atoms with Gasteiger partial charge < -0.3 is 19.7 Å². The van der Waals surface area contributed by atoms with E-state index in [2.05, 4.69) is 0 Å². The van der Waals surface area contributed by atoms with E-state index in [-0.39, 0.29) is 5.56 Å². The molecule has 2 rings (SSSR count). The summed E-state index contributed by atoms with van der Waals surface area (Å²) in [7, 11) is 0.0913. The SMILES string of the molecule is Cn1c(B(O)O)cc2ccc(C(=O)O)cc21. The van der Waals surface area contributed by atoms with Crippen molar-refractivity contribution in [1.29, 1.82) is 0 Å². The molecule has 2 aromatic rings. The van der Waals surface area contributed by atoms with Crippen molar-refractivity contribution in [2.24, 2.45) is 7.05 Å². The van der Waals surface area contributed by atoms with Crippen LogP contribution in [0, 0.1) is 0 Å². The molecule has 0 unspecified atom stereocenters. The highest BCUT2D eigenvalue weighted by Gasteiger charge is 2.18. The van der Waals surface area contributed by atoms with Crippen LogP contribution in [0.2, 0.25) is 0 Å². The number of hydrogen-bond donors (Lipinski definition) is 3. The largest absolute Gasteiger partial charge is 0.505 e. The number of aromatic nitrogens is 1. The van der Waals surface area contributed by atoms with Gasteiger partial charge in [-0.2, -0.15) is 0 Å². The maximum Gasteiger partial charge on any atom is 0.505 e. The Morgan fingerprint density at radius 2 is 2.00 bits per heavy atom. The van der Waals surface area contributed by atoms with Gasteiger partial charge in [0, 0.05) is 18.2 Å². The molecule has 0 saturated heterocycles. The zero-order chi connectivity index (χ0) is 11.9. The first-order valence-electron chi connectivity index (χ1n) is 4.69. The normalized spacial score (nSPS) is 10.7. The smallest absolute Gasteiger partial charge is 0.478 e. The standard InChI is InChI=1S/C10H10BNO4/c1-12-8-4-7(10(13)14)3-2-6(8)5-9(12)11(15)16/h2-5,15-16H,1H3,(H,13,14). The molecular formula is C10H10BNO4. The molecule has 0 spiro atoms. The van der Waals surface area contributed by atoms with Crippen LogP contribution in [0.25, 0.3) is 10.9 Å². The molecule has 3 N–H and O–H groups in total. The molecule has 0 atom stereocenters. The van der Waals surface area contributed by atoms with Crippen molar-refractivity contribution < 1.29 is 19.9 Å². The topological polar surface area (TPSA) is 82.7 Å². The summed E-state index contributed by atoms with van der Waals surface area (Å²) >= 11 is 0. The number of carbonyl (C=O) groups is 1. The van der Waals surface area contributed by atoms with Crippen LogP contribution in [0.1, 0.15) is 10.4 Å². The number of rotatable bonds is 2. The van der Waals surface area contributed by atoms with Crippen LogP contribution in [0.4, 0.5) is 0 Å². The van der Waals surface area contributed by atoms with E-state index in [0.717, 1.165) is 5.39 Å². The Hall–Kier alpha value is -1.79. The molecule has 16 heavy (non-hydrogen) atoms. The predicted octanol–water partition coefficient (Wildman–Crippen LogP) is -0.444. The molecule has 0 bridgehead atoms. The Morgan fingerprint density at radius 3 is 2.56 bits per heavy atom. The van der Waals surface area contributed by atoms with Crippen molar-refractivity contribution in [1.82, 2.24) is 4.57 Å². The molecule has 0 amide bonds. The van der Waals surface area contributed by atoms with Crippen LogP contribution in [0.5, 0.6) is 0 Å². The summed E-state index contributed by atoms with van der Waals surface area (Å²) in [4.78, 5) is 10.8. The lowest BCUT2D eigenvalue weighted by Gasteiger charge is -2.02. The van der Waals surface area contributed by atoms with Crippen LogP contribution >= 0.6 is 0 Å². The second kappa shape index (κ2) is 3.66. The molecule has 0 aliphatic carbocycles. The molecule has 0 saturated carbocycles.